The summed E-state index contributed by atoms with van der Waals surface area (Å²) in [6, 6.07) is 19.5. The third kappa shape index (κ3) is 10.3. The average molecular weight is 724 g/mol. The van der Waals surface area contributed by atoms with Gasteiger partial charge in [-0.15, -0.1) is 0 Å². The second kappa shape index (κ2) is 18.5. The van der Waals surface area contributed by atoms with Gasteiger partial charge in [-0.2, -0.15) is 0 Å². The third-order valence-electron chi connectivity index (χ3n) is 8.36. The zero-order valence-electron chi connectivity index (χ0n) is 28.8. The summed E-state index contributed by atoms with van der Waals surface area (Å²) in [7, 11) is 3.18. The zero-order valence-corrected chi connectivity index (χ0v) is 30.3. The molecule has 4 aromatic rings. The number of aliphatic carboxylic acids is 1. The van der Waals surface area contributed by atoms with Crippen molar-refractivity contribution in [3.8, 4) is 34.1 Å². The van der Waals surface area contributed by atoms with E-state index in [1.807, 2.05) is 30.3 Å². The monoisotopic (exact) mass is 722 g/mol. The molecule has 0 amide bonds. The summed E-state index contributed by atoms with van der Waals surface area (Å²) in [6.45, 7) is 10.1. The van der Waals surface area contributed by atoms with E-state index in [0.29, 0.717) is 78.9 Å². The van der Waals surface area contributed by atoms with Gasteiger partial charge in [0.2, 0.25) is 0 Å². The first-order valence-electron chi connectivity index (χ1n) is 16.2. The highest BCUT2D eigenvalue weighted by Gasteiger charge is 2.16. The molecule has 4 aromatic carbocycles. The van der Waals surface area contributed by atoms with Crippen molar-refractivity contribution in [2.45, 2.75) is 53.0 Å². The van der Waals surface area contributed by atoms with E-state index < -0.39 is 5.97 Å². The molecule has 266 valence electrons. The first-order valence-corrected chi connectivity index (χ1v) is 16.9. The van der Waals surface area contributed by atoms with Crippen LogP contribution in [-0.4, -0.2) is 43.5 Å². The van der Waals surface area contributed by atoms with Crippen LogP contribution in [0.3, 0.4) is 0 Å². The van der Waals surface area contributed by atoms with Crippen LogP contribution in [0.1, 0.15) is 46.2 Å². The molecule has 0 bridgehead atoms. The van der Waals surface area contributed by atoms with E-state index in [-0.39, 0.29) is 12.2 Å². The Morgan fingerprint density at radius 2 is 1.12 bits per heavy atom. The van der Waals surface area contributed by atoms with Gasteiger partial charge < -0.3 is 39.8 Å². The van der Waals surface area contributed by atoms with Crippen LogP contribution in [0.5, 0.6) is 23.0 Å². The summed E-state index contributed by atoms with van der Waals surface area (Å²) in [4.78, 5) is 10.8. The number of aliphatic hydroxyl groups excluding tert-OH is 1. The predicted octanol–water partition coefficient (Wildman–Crippen LogP) is 8.57. The van der Waals surface area contributed by atoms with Crippen molar-refractivity contribution in [3.05, 3.63) is 116 Å². The first-order chi connectivity index (χ1) is 24.0. The zero-order chi connectivity index (χ0) is 36.2. The Morgan fingerprint density at radius 1 is 0.680 bits per heavy atom. The van der Waals surface area contributed by atoms with E-state index in [0.717, 1.165) is 44.5 Å². The van der Waals surface area contributed by atoms with Crippen LogP contribution in [0.15, 0.2) is 73.0 Å². The maximum absolute atomic E-state index is 10.8. The minimum Gasteiger partial charge on any atom is -0.513 e. The Kier molecular flexibility index (Phi) is 14.2. The number of hydrogen-bond acceptors (Lipinski definition) is 8. The number of carboxylic acid groups (broad SMARTS) is 1. The van der Waals surface area contributed by atoms with Crippen LogP contribution < -0.4 is 29.6 Å². The highest BCUT2D eigenvalue weighted by Crippen LogP contribution is 2.36. The van der Waals surface area contributed by atoms with Crippen molar-refractivity contribution >= 4 is 29.2 Å². The molecule has 0 aliphatic rings. The molecule has 0 saturated heterocycles. The van der Waals surface area contributed by atoms with E-state index in [9.17, 15) is 9.90 Å². The van der Waals surface area contributed by atoms with Gasteiger partial charge in [-0.05, 0) is 59.4 Å². The minimum absolute atomic E-state index is 0.0243. The maximum atomic E-state index is 10.8. The molecule has 0 saturated carbocycles. The van der Waals surface area contributed by atoms with Crippen molar-refractivity contribution in [3.63, 3.8) is 0 Å². The Morgan fingerprint density at radius 3 is 1.52 bits per heavy atom. The smallest absolute Gasteiger partial charge is 0.304 e. The molecular formula is C39H44Cl2N2O7. The first kappa shape index (κ1) is 38.4. The lowest BCUT2D eigenvalue weighted by molar-refractivity contribution is -0.136. The third-order valence-corrected chi connectivity index (χ3v) is 8.95. The van der Waals surface area contributed by atoms with E-state index in [2.05, 4.69) is 43.2 Å². The summed E-state index contributed by atoms with van der Waals surface area (Å²) in [5.74, 6) is 1.54. The molecule has 0 spiro atoms. The molecule has 9 nitrogen and oxygen atoms in total. The fourth-order valence-electron chi connectivity index (χ4n) is 5.48. The number of methoxy groups -OCH3 is 2. The lowest BCUT2D eigenvalue weighted by Gasteiger charge is -2.18. The number of ether oxygens (including phenoxy) is 4. The molecule has 0 aliphatic carbocycles. The maximum Gasteiger partial charge on any atom is 0.304 e. The van der Waals surface area contributed by atoms with Gasteiger partial charge in [0, 0.05) is 55.9 Å². The Hall–Kier alpha value is -4.41. The number of benzene rings is 4. The largest absolute Gasteiger partial charge is 0.513 e. The fraction of sp³-hybridized carbons (Fsp3) is 0.308. The highest BCUT2D eigenvalue weighted by molar-refractivity contribution is 6.32. The van der Waals surface area contributed by atoms with Gasteiger partial charge in [0.25, 0.3) is 0 Å². The van der Waals surface area contributed by atoms with E-state index in [4.69, 9.17) is 47.3 Å². The fourth-order valence-corrected chi connectivity index (χ4v) is 5.96. The SMILES string of the molecule is C=C(O)CCNCc1cc(Cl)c(OCc2cccc(-c3cccc(COc4cc(OC)c(CNCCC(=O)O)cc4Cl)c3C)c2C)cc1OC. The summed E-state index contributed by atoms with van der Waals surface area (Å²) >= 11 is 13.2. The number of nitrogens with one attached hydrogen (secondary N) is 2. The molecule has 0 atom stereocenters. The van der Waals surface area contributed by atoms with Crippen molar-refractivity contribution in [1.29, 1.82) is 0 Å². The molecule has 0 fully saturated rings. The van der Waals surface area contributed by atoms with Crippen LogP contribution in [0.4, 0.5) is 0 Å². The van der Waals surface area contributed by atoms with Crippen LogP contribution in [0.25, 0.3) is 11.1 Å². The number of carboxylic acids is 1. The molecule has 0 radical (unpaired) electrons. The topological polar surface area (TPSA) is 119 Å². The quantitative estimate of drug-likeness (QED) is 0.0558. The van der Waals surface area contributed by atoms with Crippen molar-refractivity contribution in [2.24, 2.45) is 0 Å². The minimum atomic E-state index is -0.861. The van der Waals surface area contributed by atoms with Crippen molar-refractivity contribution in [1.82, 2.24) is 10.6 Å². The van der Waals surface area contributed by atoms with Gasteiger partial charge in [-0.3, -0.25) is 4.79 Å². The second-order valence-electron chi connectivity index (χ2n) is 11.8. The molecule has 50 heavy (non-hydrogen) atoms. The lowest BCUT2D eigenvalue weighted by Crippen LogP contribution is -2.18. The Labute approximate surface area is 303 Å². The molecule has 0 heterocycles. The van der Waals surface area contributed by atoms with Crippen LogP contribution in [0, 0.1) is 13.8 Å². The Bertz CT molecular complexity index is 1680. The average Bonchev–Trinajstić information content (AvgIpc) is 3.08. The summed E-state index contributed by atoms with van der Waals surface area (Å²) < 4.78 is 23.6. The highest BCUT2D eigenvalue weighted by atomic mass is 35.5. The second-order valence-corrected chi connectivity index (χ2v) is 12.6. The molecule has 0 aromatic heterocycles. The molecular weight excluding hydrogens is 679 g/mol. The number of aliphatic hydroxyl groups is 1. The van der Waals surface area contributed by atoms with Gasteiger partial charge in [-0.1, -0.05) is 66.2 Å². The normalized spacial score (nSPS) is 10.9. The lowest BCUT2D eigenvalue weighted by atomic mass is 9.92. The van der Waals surface area contributed by atoms with Crippen LogP contribution >= 0.6 is 23.2 Å². The van der Waals surface area contributed by atoms with Gasteiger partial charge >= 0.3 is 5.97 Å². The molecule has 4 rings (SSSR count). The summed E-state index contributed by atoms with van der Waals surface area (Å²) in [5, 5.41) is 25.5. The molecule has 0 unspecified atom stereocenters. The van der Waals surface area contributed by atoms with Gasteiger partial charge in [0.1, 0.15) is 36.2 Å². The van der Waals surface area contributed by atoms with E-state index in [1.165, 1.54) is 0 Å². The van der Waals surface area contributed by atoms with Gasteiger partial charge in [0.05, 0.1) is 36.4 Å². The van der Waals surface area contributed by atoms with E-state index >= 15 is 0 Å². The number of halogens is 2. The van der Waals surface area contributed by atoms with Gasteiger partial charge in [-0.25, -0.2) is 0 Å². The van der Waals surface area contributed by atoms with Crippen LogP contribution in [-0.2, 0) is 31.1 Å². The summed E-state index contributed by atoms with van der Waals surface area (Å²) in [6.07, 6.45) is 0.488. The van der Waals surface area contributed by atoms with Crippen molar-refractivity contribution < 1.29 is 34.0 Å². The molecule has 11 heteroatoms. The molecule has 0 aliphatic heterocycles. The number of rotatable bonds is 19. The summed E-state index contributed by atoms with van der Waals surface area (Å²) in [5.41, 5.74) is 8.05. The van der Waals surface area contributed by atoms with Gasteiger partial charge in [0.15, 0.2) is 0 Å². The standard InChI is InChI=1S/C39H44Cl2N2O7/c1-24(44)12-14-42-20-29-16-33(40)37(18-35(29)47-4)49-22-27-8-6-10-31(25(27)2)32-11-7-9-28(26(32)3)23-50-38-19-36(48-5)30(17-34(38)41)21-43-15-13-39(45)46/h6-11,16-19,42-44H,1,12-15,20-23H2,2-5H3,(H,45,46). The van der Waals surface area contributed by atoms with Crippen LogP contribution in [0.2, 0.25) is 10.0 Å². The number of carbonyl (C=O) groups is 1. The molecule has 4 N–H and O–H groups in total. The predicted molar refractivity (Wildman–Crippen MR) is 198 cm³/mol. The van der Waals surface area contributed by atoms with Crippen molar-refractivity contribution in [2.75, 3.05) is 27.3 Å². The number of hydrogen-bond donors (Lipinski definition) is 4. The Balaban J connectivity index is 1.46. The van der Waals surface area contributed by atoms with E-state index in [1.54, 1.807) is 32.4 Å².